The van der Waals surface area contributed by atoms with Crippen LogP contribution in [0.2, 0.25) is 0 Å². The van der Waals surface area contributed by atoms with Crippen molar-refractivity contribution in [1.82, 2.24) is 0 Å². The lowest BCUT2D eigenvalue weighted by molar-refractivity contribution is -0.250. The molecule has 4 aromatic rings. The summed E-state index contributed by atoms with van der Waals surface area (Å²) < 4.78 is 29.3. The molecule has 2 unspecified atom stereocenters. The van der Waals surface area contributed by atoms with E-state index in [1.165, 1.54) is 0 Å². The quantitative estimate of drug-likeness (QED) is 0.139. The molecule has 0 radical (unpaired) electrons. The molecule has 4 aromatic carbocycles. The average molecular weight is 631 g/mol. The highest BCUT2D eigenvalue weighted by molar-refractivity contribution is 5.93. The molecule has 0 bridgehead atoms. The van der Waals surface area contributed by atoms with Crippen molar-refractivity contribution < 1.29 is 42.9 Å². The zero-order chi connectivity index (χ0) is 32.6. The van der Waals surface area contributed by atoms with E-state index < -0.39 is 48.5 Å². The predicted molar refractivity (Wildman–Crippen MR) is 168 cm³/mol. The fourth-order valence-corrected chi connectivity index (χ4v) is 4.87. The second-order valence-corrected chi connectivity index (χ2v) is 11.0. The summed E-state index contributed by atoms with van der Waals surface area (Å²) >= 11 is 0. The van der Waals surface area contributed by atoms with Gasteiger partial charge in [0, 0.05) is 11.5 Å². The number of hydrogen-bond acceptors (Lipinski definition) is 9. The van der Waals surface area contributed by atoms with Crippen molar-refractivity contribution in [3.05, 3.63) is 143 Å². The first-order chi connectivity index (χ1) is 23.0. The van der Waals surface area contributed by atoms with Gasteiger partial charge in [-0.15, -0.1) is 0 Å². The lowest BCUT2D eigenvalue weighted by atomic mass is 10.0. The molecule has 2 aliphatic rings. The Hall–Kier alpha value is -5.72. The van der Waals surface area contributed by atoms with Gasteiger partial charge in [-0.25, -0.2) is 19.2 Å². The first-order valence-electron chi connectivity index (χ1n) is 15.2. The molecule has 6 rings (SSSR count). The van der Waals surface area contributed by atoms with Crippen LogP contribution in [0.4, 0.5) is 0 Å². The number of benzene rings is 4. The number of rotatable bonds is 8. The van der Waals surface area contributed by atoms with Crippen molar-refractivity contribution >= 4 is 23.9 Å². The SMILES string of the molecule is O=C(OC1C(OC(=O)c2ccccc2)[C@H](OC(=O)c2ccccc2)CO[C@H]1OC(=O)c1ccccc1C#CC1CC1)c1ccccc1. The summed E-state index contributed by atoms with van der Waals surface area (Å²) in [7, 11) is 0. The monoisotopic (exact) mass is 630 g/mol. The molecule has 9 nitrogen and oxygen atoms in total. The highest BCUT2D eigenvalue weighted by Crippen LogP contribution is 2.29. The van der Waals surface area contributed by atoms with E-state index >= 15 is 0 Å². The minimum atomic E-state index is -1.54. The van der Waals surface area contributed by atoms with Gasteiger partial charge in [-0.05, 0) is 61.4 Å². The molecule has 0 N–H and O–H groups in total. The summed E-state index contributed by atoms with van der Waals surface area (Å²) in [6.07, 6.45) is -3.71. The van der Waals surface area contributed by atoms with E-state index in [1.54, 1.807) is 115 Å². The number of carbonyl (C=O) groups excluding carboxylic acids is 4. The van der Waals surface area contributed by atoms with Crippen LogP contribution in [0.3, 0.4) is 0 Å². The molecule has 1 saturated heterocycles. The number of ether oxygens (including phenoxy) is 5. The van der Waals surface area contributed by atoms with Crippen LogP contribution in [0.1, 0.15) is 59.8 Å². The van der Waals surface area contributed by atoms with Crippen LogP contribution in [0, 0.1) is 17.8 Å². The minimum Gasteiger partial charge on any atom is -0.452 e. The van der Waals surface area contributed by atoms with Gasteiger partial charge in [0.05, 0.1) is 28.9 Å². The Balaban J connectivity index is 1.33. The van der Waals surface area contributed by atoms with Crippen molar-refractivity contribution in [2.45, 2.75) is 37.4 Å². The van der Waals surface area contributed by atoms with Gasteiger partial charge in [-0.3, -0.25) is 0 Å². The molecule has 9 heteroatoms. The Morgan fingerprint density at radius 1 is 0.553 bits per heavy atom. The molecule has 2 fully saturated rings. The molecule has 0 aromatic heterocycles. The summed E-state index contributed by atoms with van der Waals surface area (Å²) in [6, 6.07) is 31.2. The summed E-state index contributed by atoms with van der Waals surface area (Å²) in [4.78, 5) is 53.5. The van der Waals surface area contributed by atoms with E-state index in [9.17, 15) is 19.2 Å². The summed E-state index contributed by atoms with van der Waals surface area (Å²) in [5, 5.41) is 0. The van der Waals surface area contributed by atoms with Crippen molar-refractivity contribution in [1.29, 1.82) is 0 Å². The van der Waals surface area contributed by atoms with Gasteiger partial charge in [0.2, 0.25) is 12.4 Å². The van der Waals surface area contributed by atoms with Crippen molar-refractivity contribution in [2.24, 2.45) is 5.92 Å². The van der Waals surface area contributed by atoms with E-state index in [0.29, 0.717) is 11.5 Å². The molecule has 1 saturated carbocycles. The van der Waals surface area contributed by atoms with Crippen LogP contribution < -0.4 is 0 Å². The van der Waals surface area contributed by atoms with Crippen LogP contribution in [0.5, 0.6) is 0 Å². The van der Waals surface area contributed by atoms with E-state index in [0.717, 1.165) is 12.8 Å². The maximum atomic E-state index is 13.6. The van der Waals surface area contributed by atoms with Crippen molar-refractivity contribution in [3.8, 4) is 11.8 Å². The van der Waals surface area contributed by atoms with E-state index in [2.05, 4.69) is 11.8 Å². The van der Waals surface area contributed by atoms with E-state index in [1.807, 2.05) is 0 Å². The van der Waals surface area contributed by atoms with Crippen LogP contribution in [-0.2, 0) is 23.7 Å². The third-order valence-corrected chi connectivity index (χ3v) is 7.51. The van der Waals surface area contributed by atoms with Gasteiger partial charge in [0.25, 0.3) is 0 Å². The molecule has 0 spiro atoms. The zero-order valence-electron chi connectivity index (χ0n) is 25.2. The Morgan fingerprint density at radius 3 is 1.60 bits per heavy atom. The highest BCUT2D eigenvalue weighted by Gasteiger charge is 2.50. The molecule has 0 amide bonds. The highest BCUT2D eigenvalue weighted by atomic mass is 16.7. The number of hydrogen-bond donors (Lipinski definition) is 0. The molecule has 236 valence electrons. The molecule has 47 heavy (non-hydrogen) atoms. The lowest BCUT2D eigenvalue weighted by Gasteiger charge is -2.40. The van der Waals surface area contributed by atoms with Crippen molar-refractivity contribution in [3.63, 3.8) is 0 Å². The molecule has 1 heterocycles. The fourth-order valence-electron chi connectivity index (χ4n) is 4.87. The van der Waals surface area contributed by atoms with Crippen molar-refractivity contribution in [2.75, 3.05) is 6.61 Å². The Labute approximate surface area is 271 Å². The van der Waals surface area contributed by atoms with Crippen LogP contribution in [0.15, 0.2) is 115 Å². The van der Waals surface area contributed by atoms with Crippen LogP contribution in [-0.4, -0.2) is 55.1 Å². The van der Waals surface area contributed by atoms with Gasteiger partial charge in [0.1, 0.15) is 0 Å². The smallest absolute Gasteiger partial charge is 0.341 e. The largest absolute Gasteiger partial charge is 0.452 e. The maximum Gasteiger partial charge on any atom is 0.341 e. The summed E-state index contributed by atoms with van der Waals surface area (Å²) in [6.45, 7) is -0.341. The molecule has 1 aliphatic carbocycles. The first-order valence-corrected chi connectivity index (χ1v) is 15.2. The third kappa shape index (κ3) is 7.93. The van der Waals surface area contributed by atoms with E-state index in [-0.39, 0.29) is 28.9 Å². The van der Waals surface area contributed by atoms with Gasteiger partial charge < -0.3 is 23.7 Å². The predicted octanol–water partition coefficient (Wildman–Crippen LogP) is 5.64. The minimum absolute atomic E-state index is 0.188. The van der Waals surface area contributed by atoms with Gasteiger partial charge >= 0.3 is 23.9 Å². The molecular formula is C38H30O9. The van der Waals surface area contributed by atoms with Crippen LogP contribution >= 0.6 is 0 Å². The first kappa shape index (κ1) is 31.3. The summed E-state index contributed by atoms with van der Waals surface area (Å²) in [5.74, 6) is 3.42. The normalized spacial score (nSPS) is 20.1. The van der Waals surface area contributed by atoms with E-state index in [4.69, 9.17) is 23.7 Å². The second-order valence-electron chi connectivity index (χ2n) is 11.0. The molecule has 1 aliphatic heterocycles. The standard InChI is InChI=1S/C38H30O9/c39-34(27-13-4-1-5-14-27)44-31-24-43-38(47-37(42)30-19-11-10-12-26(30)23-22-25-20-21-25)33(46-36(41)29-17-8-3-9-18-29)32(31)45-35(40)28-15-6-2-7-16-28/h1-19,25,31-33,38H,20-21,24H2/t31-,32?,33?,38+/m1/s1. The fraction of sp³-hybridized carbons (Fsp3) is 0.211. The third-order valence-electron chi connectivity index (χ3n) is 7.51. The van der Waals surface area contributed by atoms with Gasteiger partial charge in [-0.1, -0.05) is 78.6 Å². The second kappa shape index (κ2) is 14.6. The van der Waals surface area contributed by atoms with Gasteiger partial charge in [-0.2, -0.15) is 0 Å². The Bertz CT molecular complexity index is 1790. The Morgan fingerprint density at radius 2 is 1.04 bits per heavy atom. The number of esters is 4. The molecular weight excluding hydrogens is 600 g/mol. The maximum absolute atomic E-state index is 13.6. The van der Waals surface area contributed by atoms with Crippen LogP contribution in [0.25, 0.3) is 0 Å². The molecule has 4 atom stereocenters. The lowest BCUT2D eigenvalue weighted by Crippen LogP contribution is -2.58. The van der Waals surface area contributed by atoms with Gasteiger partial charge in [0.15, 0.2) is 12.2 Å². The Kier molecular flexibility index (Phi) is 9.70. The topological polar surface area (TPSA) is 114 Å². The zero-order valence-corrected chi connectivity index (χ0v) is 25.2. The number of carbonyl (C=O) groups is 4. The summed E-state index contributed by atoms with van der Waals surface area (Å²) in [5.41, 5.74) is 1.30. The average Bonchev–Trinajstić information content (AvgIpc) is 3.95.